The Kier molecular flexibility index (Phi) is 5.51. The normalized spacial score (nSPS) is 11.2. The fourth-order valence-corrected chi connectivity index (χ4v) is 4.36. The topological polar surface area (TPSA) is 65.1 Å². The van der Waals surface area contributed by atoms with Crippen molar-refractivity contribution in [2.24, 2.45) is 0 Å². The van der Waals surface area contributed by atoms with Crippen molar-refractivity contribution in [3.63, 3.8) is 0 Å². The smallest absolute Gasteiger partial charge is 0.258 e. The molecule has 0 radical (unpaired) electrons. The van der Waals surface area contributed by atoms with Crippen molar-refractivity contribution in [2.75, 3.05) is 0 Å². The van der Waals surface area contributed by atoms with Crippen molar-refractivity contribution in [3.05, 3.63) is 106 Å². The summed E-state index contributed by atoms with van der Waals surface area (Å²) < 4.78 is 3.54. The van der Waals surface area contributed by atoms with Gasteiger partial charge in [-0.1, -0.05) is 47.1 Å². The molecule has 5 aromatic rings. The van der Waals surface area contributed by atoms with Gasteiger partial charge in [0.15, 0.2) is 11.0 Å². The Labute approximate surface area is 193 Å². The molecule has 8 heteroatoms. The Bertz CT molecular complexity index is 1460. The molecule has 0 bridgehead atoms. The van der Waals surface area contributed by atoms with Gasteiger partial charge in [0.1, 0.15) is 5.65 Å². The lowest BCUT2D eigenvalue weighted by molar-refractivity contribution is 0.884. The summed E-state index contributed by atoms with van der Waals surface area (Å²) in [6.07, 6.45) is 1.72. The Morgan fingerprint density at radius 1 is 0.969 bits per heavy atom. The van der Waals surface area contributed by atoms with Crippen LogP contribution in [0.4, 0.5) is 0 Å². The highest BCUT2D eigenvalue weighted by atomic mass is 35.5. The molecule has 0 saturated heterocycles. The fourth-order valence-electron chi connectivity index (χ4n) is 3.39. The van der Waals surface area contributed by atoms with Gasteiger partial charge in [0.25, 0.3) is 5.56 Å². The molecule has 32 heavy (non-hydrogen) atoms. The molecule has 0 aliphatic heterocycles. The SMILES string of the molecule is Cc1ccc(-n2c(SCc3cc(=O)n4ccccc4n3)nnc2-c2ccc(Cl)cc2)cc1. The number of pyridine rings is 1. The maximum atomic E-state index is 12.4. The average Bonchev–Trinajstić information content (AvgIpc) is 3.23. The number of benzene rings is 2. The first-order valence-electron chi connectivity index (χ1n) is 9.97. The standard InChI is InChI=1S/C24H18ClN5OS/c1-16-5-11-20(12-6-16)30-23(17-7-9-18(25)10-8-17)27-28-24(30)32-15-19-14-22(31)29-13-3-2-4-21(29)26-19/h2-14H,15H2,1H3. The molecule has 6 nitrogen and oxygen atoms in total. The Morgan fingerprint density at radius 2 is 1.75 bits per heavy atom. The highest BCUT2D eigenvalue weighted by Gasteiger charge is 2.17. The van der Waals surface area contributed by atoms with E-state index >= 15 is 0 Å². The quantitative estimate of drug-likeness (QED) is 0.338. The van der Waals surface area contributed by atoms with E-state index in [1.807, 2.05) is 59.2 Å². The molecule has 0 aliphatic rings. The maximum absolute atomic E-state index is 12.4. The second-order valence-electron chi connectivity index (χ2n) is 7.29. The van der Waals surface area contributed by atoms with Crippen LogP contribution in [0.3, 0.4) is 0 Å². The predicted molar refractivity (Wildman–Crippen MR) is 128 cm³/mol. The third-order valence-electron chi connectivity index (χ3n) is 5.00. The summed E-state index contributed by atoms with van der Waals surface area (Å²) >= 11 is 7.56. The predicted octanol–water partition coefficient (Wildman–Crippen LogP) is 5.20. The fraction of sp³-hybridized carbons (Fsp3) is 0.0833. The molecule has 0 fully saturated rings. The number of thioether (sulfide) groups is 1. The lowest BCUT2D eigenvalue weighted by atomic mass is 10.2. The van der Waals surface area contributed by atoms with Gasteiger partial charge in [-0.05, 0) is 55.5 Å². The molecule has 5 rings (SSSR count). The summed E-state index contributed by atoms with van der Waals surface area (Å²) in [4.78, 5) is 17.0. The largest absolute Gasteiger partial charge is 0.270 e. The van der Waals surface area contributed by atoms with Crippen LogP contribution in [0.1, 0.15) is 11.3 Å². The van der Waals surface area contributed by atoms with Crippen molar-refractivity contribution in [3.8, 4) is 17.1 Å². The van der Waals surface area contributed by atoms with Gasteiger partial charge >= 0.3 is 0 Å². The maximum Gasteiger partial charge on any atom is 0.258 e. The van der Waals surface area contributed by atoms with Gasteiger partial charge in [0, 0.05) is 34.3 Å². The first kappa shape index (κ1) is 20.5. The number of hydrogen-bond acceptors (Lipinski definition) is 5. The Hall–Kier alpha value is -3.42. The van der Waals surface area contributed by atoms with Crippen LogP contribution in [0, 0.1) is 6.92 Å². The van der Waals surface area contributed by atoms with E-state index < -0.39 is 0 Å². The average molecular weight is 460 g/mol. The third kappa shape index (κ3) is 4.04. The summed E-state index contributed by atoms with van der Waals surface area (Å²) in [5, 5.41) is 10.3. The van der Waals surface area contributed by atoms with Gasteiger partial charge in [-0.15, -0.1) is 10.2 Å². The van der Waals surface area contributed by atoms with Gasteiger partial charge in [0.05, 0.1) is 5.69 Å². The molecule has 0 N–H and O–H groups in total. The van der Waals surface area contributed by atoms with E-state index in [2.05, 4.69) is 34.2 Å². The van der Waals surface area contributed by atoms with Crippen molar-refractivity contribution >= 4 is 29.0 Å². The van der Waals surface area contributed by atoms with Crippen LogP contribution < -0.4 is 5.56 Å². The zero-order valence-electron chi connectivity index (χ0n) is 17.1. The molecule has 3 heterocycles. The highest BCUT2D eigenvalue weighted by molar-refractivity contribution is 7.98. The highest BCUT2D eigenvalue weighted by Crippen LogP contribution is 2.30. The van der Waals surface area contributed by atoms with E-state index in [9.17, 15) is 4.79 Å². The summed E-state index contributed by atoms with van der Waals surface area (Å²) in [6.45, 7) is 2.05. The van der Waals surface area contributed by atoms with E-state index in [0.717, 1.165) is 17.1 Å². The van der Waals surface area contributed by atoms with Gasteiger partial charge in [0.2, 0.25) is 0 Å². The minimum atomic E-state index is -0.104. The molecule has 0 atom stereocenters. The molecule has 158 valence electrons. The lowest BCUT2D eigenvalue weighted by Crippen LogP contribution is -2.14. The number of hydrogen-bond donors (Lipinski definition) is 0. The van der Waals surface area contributed by atoms with E-state index in [-0.39, 0.29) is 5.56 Å². The molecule has 0 spiro atoms. The number of aromatic nitrogens is 5. The zero-order valence-corrected chi connectivity index (χ0v) is 18.7. The molecule has 0 amide bonds. The van der Waals surface area contributed by atoms with Crippen molar-refractivity contribution < 1.29 is 0 Å². The van der Waals surface area contributed by atoms with Crippen molar-refractivity contribution in [1.29, 1.82) is 0 Å². The van der Waals surface area contributed by atoms with Crippen molar-refractivity contribution in [1.82, 2.24) is 24.1 Å². The molecule has 0 unspecified atom stereocenters. The van der Waals surface area contributed by atoms with Crippen LogP contribution in [0.2, 0.25) is 5.02 Å². The van der Waals surface area contributed by atoms with E-state index in [1.165, 1.54) is 21.7 Å². The Balaban J connectivity index is 1.53. The summed E-state index contributed by atoms with van der Waals surface area (Å²) in [5.41, 5.74) is 4.25. The first-order valence-corrected chi connectivity index (χ1v) is 11.3. The molecule has 0 aliphatic carbocycles. The van der Waals surface area contributed by atoms with Crippen LogP contribution >= 0.6 is 23.4 Å². The molecule has 2 aromatic carbocycles. The monoisotopic (exact) mass is 459 g/mol. The van der Waals surface area contributed by atoms with Crippen molar-refractivity contribution in [2.45, 2.75) is 17.8 Å². The molecule has 0 saturated carbocycles. The first-order chi connectivity index (χ1) is 15.6. The number of halogens is 1. The second-order valence-corrected chi connectivity index (χ2v) is 8.67. The van der Waals surface area contributed by atoms with Gasteiger partial charge < -0.3 is 0 Å². The van der Waals surface area contributed by atoms with E-state index in [4.69, 9.17) is 11.6 Å². The van der Waals surface area contributed by atoms with Gasteiger partial charge in [-0.25, -0.2) is 4.98 Å². The summed E-state index contributed by atoms with van der Waals surface area (Å²) in [6, 6.07) is 22.8. The lowest BCUT2D eigenvalue weighted by Gasteiger charge is -2.11. The second kappa shape index (κ2) is 8.61. The van der Waals surface area contributed by atoms with Crippen LogP contribution in [0.5, 0.6) is 0 Å². The number of nitrogens with zero attached hydrogens (tertiary/aromatic N) is 5. The summed E-state index contributed by atoms with van der Waals surface area (Å²) in [5.74, 6) is 1.21. The summed E-state index contributed by atoms with van der Waals surface area (Å²) in [7, 11) is 0. The minimum absolute atomic E-state index is 0.104. The molecule has 3 aromatic heterocycles. The van der Waals surface area contributed by atoms with Gasteiger partial charge in [-0.3, -0.25) is 13.8 Å². The van der Waals surface area contributed by atoms with Crippen LogP contribution in [0.15, 0.2) is 88.9 Å². The number of rotatable bonds is 5. The van der Waals surface area contributed by atoms with Crippen LogP contribution in [-0.4, -0.2) is 24.1 Å². The minimum Gasteiger partial charge on any atom is -0.270 e. The molecular formula is C24H18ClN5OS. The van der Waals surface area contributed by atoms with E-state index in [1.54, 1.807) is 12.3 Å². The van der Waals surface area contributed by atoms with E-state index in [0.29, 0.717) is 27.3 Å². The zero-order chi connectivity index (χ0) is 22.1. The number of fused-ring (bicyclic) bond motifs is 1. The van der Waals surface area contributed by atoms with Crippen LogP contribution in [0.25, 0.3) is 22.7 Å². The molecular weight excluding hydrogens is 442 g/mol. The Morgan fingerprint density at radius 3 is 2.53 bits per heavy atom. The van der Waals surface area contributed by atoms with Gasteiger partial charge in [-0.2, -0.15) is 0 Å². The third-order valence-corrected chi connectivity index (χ3v) is 6.22. The number of aryl methyl sites for hydroxylation is 1. The van der Waals surface area contributed by atoms with Crippen LogP contribution in [-0.2, 0) is 5.75 Å².